The summed E-state index contributed by atoms with van der Waals surface area (Å²) in [7, 11) is 2.00. The lowest BCUT2D eigenvalue weighted by Gasteiger charge is -2.28. The van der Waals surface area contributed by atoms with Crippen LogP contribution in [0.2, 0.25) is 0 Å². The number of carbonyl (C=O) groups is 9. The molecule has 6 rings (SSSR count). The molecule has 26 heteroatoms. The Morgan fingerprint density at radius 1 is 0.767 bits per heavy atom. The molecule has 24 nitrogen and oxygen atoms in total. The summed E-state index contributed by atoms with van der Waals surface area (Å²) in [6.45, 7) is 5.20. The molecule has 1 aromatic heterocycles. The molecule has 392 valence electrons. The van der Waals surface area contributed by atoms with Crippen molar-refractivity contribution < 1.29 is 43.2 Å². The van der Waals surface area contributed by atoms with Crippen molar-refractivity contribution in [2.24, 2.45) is 22.4 Å². The number of aliphatic imine (C=N–C) groups is 1. The number of guanidine groups is 1. The maximum absolute atomic E-state index is 14.6. The molecule has 0 saturated carbocycles. The molecule has 0 radical (unpaired) electrons. The Hall–Kier alpha value is -7.35. The van der Waals surface area contributed by atoms with Crippen molar-refractivity contribution in [3.63, 3.8) is 0 Å². The minimum atomic E-state index is -1.48. The fourth-order valence-corrected chi connectivity index (χ4v) is 10.7. The lowest BCUT2D eigenvalue weighted by atomic mass is 10.0. The van der Waals surface area contributed by atoms with Crippen LogP contribution in [0, 0.1) is 11.3 Å². The van der Waals surface area contributed by atoms with E-state index in [1.54, 1.807) is 56.4 Å². The zero-order chi connectivity index (χ0) is 52.8. The smallest absolute Gasteiger partial charge is 0.325 e. The quantitative estimate of drug-likeness (QED) is 0.0301. The monoisotopic (exact) mass is 1050 g/mol. The number of para-hydroxylation sites is 1. The normalized spacial score (nSPS) is 26.2. The molecular weight excluding hydrogens is 983 g/mol. The fourth-order valence-electron chi connectivity index (χ4n) is 8.35. The number of nitrogens with one attached hydrogen (secondary N) is 11. The Kier molecular flexibility index (Phi) is 19.5. The number of fused-ring (bicyclic) bond motifs is 1. The van der Waals surface area contributed by atoms with Gasteiger partial charge >= 0.3 is 6.03 Å². The van der Waals surface area contributed by atoms with Gasteiger partial charge in [-0.15, -0.1) is 0 Å². The summed E-state index contributed by atoms with van der Waals surface area (Å²) >= 11 is 0. The van der Waals surface area contributed by atoms with Gasteiger partial charge in [-0.1, -0.05) is 84.0 Å². The van der Waals surface area contributed by atoms with Gasteiger partial charge in [0.2, 0.25) is 41.4 Å². The number of nitrogens with two attached hydrogens (primary N) is 2. The molecule has 2 fully saturated rings. The second-order valence-corrected chi connectivity index (χ2v) is 20.8. The first-order chi connectivity index (χ1) is 34.9. The van der Waals surface area contributed by atoms with Crippen LogP contribution < -0.4 is 59.3 Å². The molecular formula is C47H63N15O9S2. The Morgan fingerprint density at radius 2 is 1.40 bits per heavy atom. The van der Waals surface area contributed by atoms with E-state index in [1.165, 1.54) is 13.3 Å². The van der Waals surface area contributed by atoms with Crippen molar-refractivity contribution in [2.75, 3.05) is 24.6 Å². The topological polar surface area (TPSA) is 369 Å². The number of carbonyl (C=O) groups excluding carboxylic acids is 9. The highest BCUT2D eigenvalue weighted by Gasteiger charge is 2.46. The SMILES string of the molecule is CC(C)[C@@H]1NC(=O)N([C@H]2CSSC[C@@H](C(N)=O)NC(=O)[C@H](Cc3c[nH]c4ccccc34)NC(=O)[C@H](CCCNC(=N)N)NC(=O)[C@@H](Cc3ccccc3)NC(=O)[C@H](CC3CN=CN3)NC(=O)[C@@H](C)NC2=O)C1=O. The van der Waals surface area contributed by atoms with Crippen LogP contribution >= 0.6 is 21.6 Å². The van der Waals surface area contributed by atoms with Gasteiger partial charge in [-0.05, 0) is 49.3 Å². The molecule has 10 amide bonds. The second kappa shape index (κ2) is 25.9. The van der Waals surface area contributed by atoms with Crippen LogP contribution in [0.5, 0.6) is 0 Å². The summed E-state index contributed by atoms with van der Waals surface area (Å²) in [6, 6.07) is 4.28. The second-order valence-electron chi connectivity index (χ2n) is 18.2. The number of imide groups is 1. The number of benzene rings is 2. The maximum Gasteiger partial charge on any atom is 0.325 e. The summed E-state index contributed by atoms with van der Waals surface area (Å²) in [4.78, 5) is 134. The number of H-pyrrole nitrogens is 1. The van der Waals surface area contributed by atoms with E-state index >= 15 is 0 Å². The molecule has 3 aliphatic rings. The average molecular weight is 1050 g/mol. The largest absolute Gasteiger partial charge is 0.372 e. The first kappa shape index (κ1) is 55.0. The van der Waals surface area contributed by atoms with E-state index in [2.05, 4.69) is 57.8 Å². The summed E-state index contributed by atoms with van der Waals surface area (Å²) < 4.78 is 0. The highest BCUT2D eigenvalue weighted by Crippen LogP contribution is 2.27. The Bertz CT molecular complexity index is 2560. The van der Waals surface area contributed by atoms with Crippen LogP contribution in [0.15, 0.2) is 65.8 Å². The van der Waals surface area contributed by atoms with Gasteiger partial charge < -0.3 is 64.3 Å². The number of nitrogens with zero attached hydrogens (tertiary/aromatic N) is 2. The van der Waals surface area contributed by atoms with E-state index < -0.39 is 108 Å². The van der Waals surface area contributed by atoms with Crippen molar-refractivity contribution in [3.05, 3.63) is 71.9 Å². The fraction of sp³-hybridized carbons (Fsp3) is 0.468. The van der Waals surface area contributed by atoms with E-state index in [0.717, 1.165) is 37.4 Å². The zero-order valence-electron chi connectivity index (χ0n) is 40.5. The predicted octanol–water partition coefficient (Wildman–Crippen LogP) is -1.64. The molecule has 0 bridgehead atoms. The number of primary amides is 1. The predicted molar refractivity (Wildman–Crippen MR) is 275 cm³/mol. The van der Waals surface area contributed by atoms with E-state index in [1.807, 2.05) is 18.2 Å². The van der Waals surface area contributed by atoms with Gasteiger partial charge in [0.1, 0.15) is 48.3 Å². The van der Waals surface area contributed by atoms with Crippen molar-refractivity contribution in [1.29, 1.82) is 5.41 Å². The van der Waals surface area contributed by atoms with Crippen LogP contribution in [0.4, 0.5) is 4.79 Å². The maximum atomic E-state index is 14.6. The Balaban J connectivity index is 1.38. The van der Waals surface area contributed by atoms with Gasteiger partial charge in [-0.25, -0.2) is 9.69 Å². The van der Waals surface area contributed by atoms with Gasteiger partial charge in [0, 0.05) is 54.0 Å². The molecule has 2 aromatic carbocycles. The van der Waals surface area contributed by atoms with Gasteiger partial charge in [0.25, 0.3) is 5.91 Å². The van der Waals surface area contributed by atoms with E-state index in [-0.39, 0.29) is 68.6 Å². The van der Waals surface area contributed by atoms with Crippen molar-refractivity contribution in [1.82, 2.24) is 57.7 Å². The van der Waals surface area contributed by atoms with Crippen LogP contribution in [0.25, 0.3) is 10.9 Å². The zero-order valence-corrected chi connectivity index (χ0v) is 42.2. The van der Waals surface area contributed by atoms with Crippen molar-refractivity contribution in [2.45, 2.75) is 107 Å². The highest BCUT2D eigenvalue weighted by molar-refractivity contribution is 8.76. The minimum Gasteiger partial charge on any atom is -0.372 e. The first-order valence-corrected chi connectivity index (χ1v) is 26.3. The average Bonchev–Trinajstić information content (AvgIpc) is 4.10. The van der Waals surface area contributed by atoms with Crippen LogP contribution in [-0.2, 0) is 51.2 Å². The number of hydrogen-bond donors (Lipinski definition) is 13. The van der Waals surface area contributed by atoms with Gasteiger partial charge in [0.05, 0.1) is 12.9 Å². The molecule has 9 atom stereocenters. The molecule has 2 saturated heterocycles. The Morgan fingerprint density at radius 3 is 2.07 bits per heavy atom. The summed E-state index contributed by atoms with van der Waals surface area (Å²) in [5, 5.41) is 32.9. The molecule has 0 spiro atoms. The van der Waals surface area contributed by atoms with Gasteiger partial charge in [-0.2, -0.15) is 0 Å². The number of aromatic nitrogens is 1. The van der Waals surface area contributed by atoms with Crippen molar-refractivity contribution in [3.8, 4) is 0 Å². The van der Waals surface area contributed by atoms with Gasteiger partial charge in [0.15, 0.2) is 5.96 Å². The highest BCUT2D eigenvalue weighted by atomic mass is 33.1. The number of rotatable bonds is 13. The Labute approximate surface area is 428 Å². The number of amides is 10. The minimum absolute atomic E-state index is 0.0200. The molecule has 3 aliphatic heterocycles. The van der Waals surface area contributed by atoms with Crippen LogP contribution in [-0.4, -0.2) is 154 Å². The lowest BCUT2D eigenvalue weighted by molar-refractivity contribution is -0.137. The van der Waals surface area contributed by atoms with Gasteiger partial charge in [-0.3, -0.25) is 48.8 Å². The first-order valence-electron chi connectivity index (χ1n) is 23.8. The van der Waals surface area contributed by atoms with E-state index in [9.17, 15) is 43.2 Å². The molecule has 15 N–H and O–H groups in total. The number of hydrogen-bond acceptors (Lipinski definition) is 14. The lowest BCUT2D eigenvalue weighted by Crippen LogP contribution is -2.61. The summed E-state index contributed by atoms with van der Waals surface area (Å²) in [5.74, 6) is -7.55. The summed E-state index contributed by atoms with van der Waals surface area (Å²) in [5.41, 5.74) is 13.4. The molecule has 0 aliphatic carbocycles. The third kappa shape index (κ3) is 15.1. The third-order valence-electron chi connectivity index (χ3n) is 12.4. The molecule has 4 heterocycles. The van der Waals surface area contributed by atoms with E-state index in [0.29, 0.717) is 11.1 Å². The molecule has 1 unspecified atom stereocenters. The van der Waals surface area contributed by atoms with Crippen LogP contribution in [0.1, 0.15) is 51.2 Å². The standard InChI is InChI=1S/C47H63N15O9S2/c1-24(2)37-45(70)62(47(71)61-37)36-22-73-72-21-35(38(48)63)60-42(67)33(17-27-19-53-30-13-8-7-12-29(27)30)59-40(65)31(14-9-15-52-46(49)50)56-41(66)32(16-26-10-5-4-6-11-26)58-43(68)34(18-28-20-51-23-54-28)57-39(64)25(3)55-44(36)69/h4-8,10-13,19,23-25,28,31-37,53H,9,14-18,20-22H2,1-3H3,(H2,48,63)(H,51,54)(H,55,69)(H,56,66)(H,57,64)(H,58,68)(H,59,65)(H,60,67)(H,61,71)(H4,49,50,52)/t25-,28?,31+,32-,33+,34+,35+,36+,37+/m1/s1. The molecule has 73 heavy (non-hydrogen) atoms. The summed E-state index contributed by atoms with van der Waals surface area (Å²) in [6.07, 6.45) is 3.11. The van der Waals surface area contributed by atoms with Crippen LogP contribution in [0.3, 0.4) is 0 Å². The number of urea groups is 1. The number of aromatic amines is 1. The third-order valence-corrected chi connectivity index (χ3v) is 14.8. The van der Waals surface area contributed by atoms with Crippen molar-refractivity contribution >= 4 is 98.1 Å². The molecule has 3 aromatic rings. The van der Waals surface area contributed by atoms with E-state index in [4.69, 9.17) is 16.9 Å².